The molecule has 2 amide bonds. The Morgan fingerprint density at radius 1 is 1.24 bits per heavy atom. The molecule has 1 aromatic rings. The van der Waals surface area contributed by atoms with Gasteiger partial charge in [-0.25, -0.2) is 4.79 Å². The van der Waals surface area contributed by atoms with Crippen LogP contribution in [0.25, 0.3) is 0 Å². The molecule has 25 heavy (non-hydrogen) atoms. The SMILES string of the molecule is CC(C)(C)C(O)CNC(=O)NCc1cccc(OC2CCCCC2)c1. The predicted molar refractivity (Wildman–Crippen MR) is 99.6 cm³/mol. The molecule has 1 unspecified atom stereocenters. The molecule has 0 saturated heterocycles. The summed E-state index contributed by atoms with van der Waals surface area (Å²) in [4.78, 5) is 11.9. The highest BCUT2D eigenvalue weighted by atomic mass is 16.5. The Hall–Kier alpha value is -1.75. The van der Waals surface area contributed by atoms with Crippen molar-refractivity contribution in [1.29, 1.82) is 0 Å². The summed E-state index contributed by atoms with van der Waals surface area (Å²) in [5.74, 6) is 0.870. The number of nitrogens with one attached hydrogen (secondary N) is 2. The third kappa shape index (κ3) is 6.94. The van der Waals surface area contributed by atoms with Crippen LogP contribution in [0.3, 0.4) is 0 Å². The Bertz CT molecular complexity index is 548. The topological polar surface area (TPSA) is 70.6 Å². The monoisotopic (exact) mass is 348 g/mol. The van der Waals surface area contributed by atoms with Crippen LogP contribution in [0.15, 0.2) is 24.3 Å². The number of carbonyl (C=O) groups excluding carboxylic acids is 1. The maximum Gasteiger partial charge on any atom is 0.315 e. The van der Waals surface area contributed by atoms with E-state index >= 15 is 0 Å². The van der Waals surface area contributed by atoms with E-state index in [0.717, 1.165) is 24.2 Å². The maximum absolute atomic E-state index is 11.9. The Balaban J connectivity index is 1.76. The van der Waals surface area contributed by atoms with E-state index in [2.05, 4.69) is 10.6 Å². The maximum atomic E-state index is 11.9. The number of hydrogen-bond acceptors (Lipinski definition) is 3. The number of hydrogen-bond donors (Lipinski definition) is 3. The molecule has 0 spiro atoms. The lowest BCUT2D eigenvalue weighted by atomic mass is 9.89. The number of rotatable bonds is 6. The highest BCUT2D eigenvalue weighted by Gasteiger charge is 2.22. The Morgan fingerprint density at radius 2 is 1.96 bits per heavy atom. The molecule has 5 heteroatoms. The number of carbonyl (C=O) groups is 1. The highest BCUT2D eigenvalue weighted by molar-refractivity contribution is 5.73. The quantitative estimate of drug-likeness (QED) is 0.735. The summed E-state index contributed by atoms with van der Waals surface area (Å²) in [7, 11) is 0. The van der Waals surface area contributed by atoms with Gasteiger partial charge in [0.05, 0.1) is 12.2 Å². The van der Waals surface area contributed by atoms with E-state index < -0.39 is 6.10 Å². The van der Waals surface area contributed by atoms with E-state index in [4.69, 9.17) is 4.74 Å². The van der Waals surface area contributed by atoms with Crippen molar-refractivity contribution in [3.63, 3.8) is 0 Å². The fourth-order valence-electron chi connectivity index (χ4n) is 2.84. The van der Waals surface area contributed by atoms with Crippen molar-refractivity contribution in [2.75, 3.05) is 6.54 Å². The molecule has 0 radical (unpaired) electrons. The summed E-state index contributed by atoms with van der Waals surface area (Å²) in [5.41, 5.74) is 0.748. The minimum atomic E-state index is -0.578. The molecule has 1 fully saturated rings. The fraction of sp³-hybridized carbons (Fsp3) is 0.650. The van der Waals surface area contributed by atoms with Crippen LogP contribution >= 0.6 is 0 Å². The second kappa shape index (κ2) is 9.09. The third-order valence-corrected chi connectivity index (χ3v) is 4.66. The summed E-state index contributed by atoms with van der Waals surface area (Å²) in [6.45, 7) is 6.48. The molecule has 1 atom stereocenters. The van der Waals surface area contributed by atoms with E-state index in [9.17, 15) is 9.90 Å². The van der Waals surface area contributed by atoms with Crippen molar-refractivity contribution in [2.45, 2.75) is 71.6 Å². The average molecular weight is 348 g/mol. The third-order valence-electron chi connectivity index (χ3n) is 4.66. The molecule has 1 saturated carbocycles. The average Bonchev–Trinajstić information content (AvgIpc) is 2.58. The Morgan fingerprint density at radius 3 is 2.64 bits per heavy atom. The second-order valence-electron chi connectivity index (χ2n) is 7.97. The first-order chi connectivity index (χ1) is 11.8. The molecule has 1 aliphatic carbocycles. The number of ether oxygens (including phenoxy) is 1. The van der Waals surface area contributed by atoms with Gasteiger partial charge in [0.1, 0.15) is 5.75 Å². The lowest BCUT2D eigenvalue weighted by molar-refractivity contribution is 0.0650. The smallest absolute Gasteiger partial charge is 0.315 e. The van der Waals surface area contributed by atoms with Crippen molar-refractivity contribution < 1.29 is 14.6 Å². The molecular weight excluding hydrogens is 316 g/mol. The van der Waals surface area contributed by atoms with Crippen LogP contribution in [0.4, 0.5) is 4.79 Å². The Labute approximate surface area is 151 Å². The molecule has 3 N–H and O–H groups in total. The van der Waals surface area contributed by atoms with Crippen molar-refractivity contribution in [1.82, 2.24) is 10.6 Å². The van der Waals surface area contributed by atoms with Gasteiger partial charge in [-0.1, -0.05) is 39.3 Å². The molecular formula is C20H32N2O3. The van der Waals surface area contributed by atoms with Gasteiger partial charge in [0.15, 0.2) is 0 Å². The Kier molecular flexibility index (Phi) is 7.12. The van der Waals surface area contributed by atoms with Crippen LogP contribution in [-0.4, -0.2) is 29.9 Å². The number of aliphatic hydroxyl groups is 1. The summed E-state index contributed by atoms with van der Waals surface area (Å²) in [6.07, 6.45) is 5.79. The van der Waals surface area contributed by atoms with E-state index in [1.165, 1.54) is 19.3 Å². The van der Waals surface area contributed by atoms with Gasteiger partial charge < -0.3 is 20.5 Å². The number of urea groups is 1. The number of benzene rings is 1. The molecule has 1 aromatic carbocycles. The molecule has 0 aliphatic heterocycles. The van der Waals surface area contributed by atoms with Gasteiger partial charge in [-0.05, 0) is 48.8 Å². The van der Waals surface area contributed by atoms with Gasteiger partial charge in [-0.3, -0.25) is 0 Å². The van der Waals surface area contributed by atoms with Gasteiger partial charge in [0, 0.05) is 13.1 Å². The molecule has 2 rings (SSSR count). The second-order valence-corrected chi connectivity index (χ2v) is 7.97. The van der Waals surface area contributed by atoms with E-state index in [1.807, 2.05) is 45.0 Å². The van der Waals surface area contributed by atoms with Crippen molar-refractivity contribution >= 4 is 6.03 Å². The first-order valence-electron chi connectivity index (χ1n) is 9.30. The van der Waals surface area contributed by atoms with Crippen LogP contribution in [0.2, 0.25) is 0 Å². The zero-order valence-corrected chi connectivity index (χ0v) is 15.7. The normalized spacial score (nSPS) is 17.0. The van der Waals surface area contributed by atoms with Gasteiger partial charge in [-0.2, -0.15) is 0 Å². The van der Waals surface area contributed by atoms with Crippen LogP contribution < -0.4 is 15.4 Å². The minimum absolute atomic E-state index is 0.236. The summed E-state index contributed by atoms with van der Waals surface area (Å²) in [5, 5.41) is 15.5. The van der Waals surface area contributed by atoms with Gasteiger partial charge in [0.25, 0.3) is 0 Å². The fourth-order valence-corrected chi connectivity index (χ4v) is 2.84. The summed E-state index contributed by atoms with van der Waals surface area (Å²) in [6, 6.07) is 7.60. The van der Waals surface area contributed by atoms with Crippen LogP contribution in [0, 0.1) is 5.41 Å². The molecule has 5 nitrogen and oxygen atoms in total. The minimum Gasteiger partial charge on any atom is -0.490 e. The van der Waals surface area contributed by atoms with E-state index in [0.29, 0.717) is 12.6 Å². The highest BCUT2D eigenvalue weighted by Crippen LogP contribution is 2.24. The molecule has 0 bridgehead atoms. The van der Waals surface area contributed by atoms with Crippen molar-refractivity contribution in [3.8, 4) is 5.75 Å². The summed E-state index contributed by atoms with van der Waals surface area (Å²) < 4.78 is 6.06. The molecule has 1 aliphatic rings. The molecule has 0 aromatic heterocycles. The predicted octanol–water partition coefficient (Wildman–Crippen LogP) is 3.60. The van der Waals surface area contributed by atoms with Gasteiger partial charge in [-0.15, -0.1) is 0 Å². The lowest BCUT2D eigenvalue weighted by Crippen LogP contribution is -2.43. The lowest BCUT2D eigenvalue weighted by Gasteiger charge is -2.25. The zero-order chi connectivity index (χ0) is 18.3. The number of amides is 2. The van der Waals surface area contributed by atoms with Crippen LogP contribution in [0.5, 0.6) is 5.75 Å². The van der Waals surface area contributed by atoms with Crippen molar-refractivity contribution in [2.24, 2.45) is 5.41 Å². The first kappa shape index (κ1) is 19.6. The van der Waals surface area contributed by atoms with Gasteiger partial charge >= 0.3 is 6.03 Å². The number of aliphatic hydroxyl groups excluding tert-OH is 1. The molecule has 140 valence electrons. The van der Waals surface area contributed by atoms with E-state index in [-0.39, 0.29) is 18.0 Å². The van der Waals surface area contributed by atoms with Gasteiger partial charge in [0.2, 0.25) is 0 Å². The first-order valence-corrected chi connectivity index (χ1v) is 9.30. The van der Waals surface area contributed by atoms with Crippen LogP contribution in [0.1, 0.15) is 58.4 Å². The zero-order valence-electron chi connectivity index (χ0n) is 15.7. The molecule has 0 heterocycles. The standard InChI is InChI=1S/C20H32N2O3/c1-20(2,3)18(23)14-22-19(24)21-13-15-8-7-11-17(12-15)25-16-9-5-4-6-10-16/h7-8,11-12,16,18,23H,4-6,9-10,13-14H2,1-3H3,(H2,21,22,24). The van der Waals surface area contributed by atoms with Crippen LogP contribution in [-0.2, 0) is 6.54 Å². The van der Waals surface area contributed by atoms with E-state index in [1.54, 1.807) is 0 Å². The summed E-state index contributed by atoms with van der Waals surface area (Å²) >= 11 is 0. The largest absolute Gasteiger partial charge is 0.490 e. The van der Waals surface area contributed by atoms with Crippen molar-refractivity contribution in [3.05, 3.63) is 29.8 Å².